The van der Waals surface area contributed by atoms with Crippen molar-refractivity contribution in [2.75, 3.05) is 0 Å². The Morgan fingerprint density at radius 2 is 1.82 bits per heavy atom. The van der Waals surface area contributed by atoms with Gasteiger partial charge in [0.05, 0.1) is 0 Å². The molecule has 1 heteroatoms. The van der Waals surface area contributed by atoms with Gasteiger partial charge in [-0.2, -0.15) is 0 Å². The van der Waals surface area contributed by atoms with Crippen molar-refractivity contribution < 1.29 is 4.79 Å². The monoisotopic (exact) mass is 226 g/mol. The zero-order valence-electron chi connectivity index (χ0n) is 10.7. The minimum Gasteiger partial charge on any atom is -0.289 e. The lowest BCUT2D eigenvalue weighted by atomic mass is 9.73. The molecule has 0 bridgehead atoms. The Hall–Kier alpha value is -1.63. The van der Waals surface area contributed by atoms with E-state index in [9.17, 15) is 4.79 Å². The highest BCUT2D eigenvalue weighted by Gasteiger charge is 2.31. The Morgan fingerprint density at radius 1 is 1.18 bits per heavy atom. The van der Waals surface area contributed by atoms with Crippen LogP contribution >= 0.6 is 0 Å². The predicted octanol–water partition coefficient (Wildman–Crippen LogP) is 4.17. The van der Waals surface area contributed by atoms with E-state index in [4.69, 9.17) is 0 Å². The van der Waals surface area contributed by atoms with E-state index >= 15 is 0 Å². The van der Waals surface area contributed by atoms with Crippen LogP contribution < -0.4 is 0 Å². The minimum absolute atomic E-state index is 0.0637. The van der Waals surface area contributed by atoms with Gasteiger partial charge in [0.15, 0.2) is 5.78 Å². The van der Waals surface area contributed by atoms with E-state index in [2.05, 4.69) is 26.0 Å². The minimum atomic E-state index is -0.0637. The van der Waals surface area contributed by atoms with Crippen molar-refractivity contribution in [3.05, 3.63) is 59.2 Å². The lowest BCUT2D eigenvalue weighted by molar-refractivity contribution is 0.100. The van der Waals surface area contributed by atoms with Gasteiger partial charge in [0, 0.05) is 11.1 Å². The molecule has 17 heavy (non-hydrogen) atoms. The number of Topliss-reactive ketones (excluding diaryl/α,β-unsaturated/α-hetero) is 1. The Bertz CT molecular complexity index is 490. The van der Waals surface area contributed by atoms with Crippen LogP contribution in [0.4, 0.5) is 0 Å². The number of rotatable bonds is 2. The second-order valence-electron chi connectivity index (χ2n) is 5.24. The molecule has 0 radical (unpaired) electrons. The van der Waals surface area contributed by atoms with Crippen LogP contribution in [0.15, 0.2) is 53.6 Å². The van der Waals surface area contributed by atoms with Crippen LogP contribution in [0.2, 0.25) is 0 Å². The number of allylic oxidation sites excluding steroid dienone is 4. The van der Waals surface area contributed by atoms with Gasteiger partial charge in [-0.05, 0) is 24.3 Å². The van der Waals surface area contributed by atoms with Gasteiger partial charge in [-0.3, -0.25) is 4.79 Å². The molecule has 88 valence electrons. The van der Waals surface area contributed by atoms with Gasteiger partial charge in [-0.25, -0.2) is 0 Å². The van der Waals surface area contributed by atoms with Crippen LogP contribution in [0.25, 0.3) is 0 Å². The van der Waals surface area contributed by atoms with E-state index in [1.54, 1.807) is 0 Å². The molecule has 0 amide bonds. The average molecular weight is 226 g/mol. The van der Waals surface area contributed by atoms with Gasteiger partial charge in [-0.1, -0.05) is 56.3 Å². The Labute approximate surface area is 103 Å². The normalized spacial score (nSPS) is 18.3. The summed E-state index contributed by atoms with van der Waals surface area (Å²) in [4.78, 5) is 12.5. The molecule has 1 aromatic rings. The topological polar surface area (TPSA) is 17.1 Å². The van der Waals surface area contributed by atoms with Gasteiger partial charge in [0.25, 0.3) is 0 Å². The second kappa shape index (κ2) is 4.33. The summed E-state index contributed by atoms with van der Waals surface area (Å²) in [6, 6.07) is 9.53. The summed E-state index contributed by atoms with van der Waals surface area (Å²) in [5.41, 5.74) is 2.76. The highest BCUT2D eigenvalue weighted by molar-refractivity contribution is 6.10. The first-order valence-corrected chi connectivity index (χ1v) is 6.00. The molecular weight excluding hydrogens is 208 g/mol. The Balaban J connectivity index is 2.46. The summed E-state index contributed by atoms with van der Waals surface area (Å²) in [7, 11) is 0. The van der Waals surface area contributed by atoms with Crippen molar-refractivity contribution in [1.29, 1.82) is 0 Å². The SMILES string of the molecule is CC1=C(C(=O)c2ccccc2)C(C)(C)CC=C1. The van der Waals surface area contributed by atoms with Crippen LogP contribution in [0.3, 0.4) is 0 Å². The Kier molecular flexibility index (Phi) is 3.01. The fourth-order valence-electron chi connectivity index (χ4n) is 2.47. The number of ketones is 1. The van der Waals surface area contributed by atoms with E-state index < -0.39 is 0 Å². The molecule has 0 atom stereocenters. The molecule has 0 aliphatic heterocycles. The molecule has 0 spiro atoms. The van der Waals surface area contributed by atoms with E-state index in [1.165, 1.54) is 0 Å². The summed E-state index contributed by atoms with van der Waals surface area (Å²) < 4.78 is 0. The fourth-order valence-corrected chi connectivity index (χ4v) is 2.47. The molecule has 1 nitrogen and oxygen atoms in total. The second-order valence-corrected chi connectivity index (χ2v) is 5.24. The maximum Gasteiger partial charge on any atom is 0.189 e. The van der Waals surface area contributed by atoms with Gasteiger partial charge in [0.2, 0.25) is 0 Å². The fraction of sp³-hybridized carbons (Fsp3) is 0.312. The average Bonchev–Trinajstić information content (AvgIpc) is 2.28. The van der Waals surface area contributed by atoms with Gasteiger partial charge < -0.3 is 0 Å². The quantitative estimate of drug-likeness (QED) is 0.692. The zero-order chi connectivity index (χ0) is 12.5. The van der Waals surface area contributed by atoms with Crippen molar-refractivity contribution in [3.63, 3.8) is 0 Å². The first-order chi connectivity index (χ1) is 8.02. The third-order valence-corrected chi connectivity index (χ3v) is 3.33. The third kappa shape index (κ3) is 2.23. The molecule has 0 N–H and O–H groups in total. The van der Waals surface area contributed by atoms with Crippen LogP contribution in [-0.4, -0.2) is 5.78 Å². The van der Waals surface area contributed by atoms with Crippen LogP contribution in [0.1, 0.15) is 37.6 Å². The molecule has 1 aliphatic carbocycles. The van der Waals surface area contributed by atoms with E-state index in [1.807, 2.05) is 37.3 Å². The molecule has 0 fully saturated rings. The van der Waals surface area contributed by atoms with Gasteiger partial charge >= 0.3 is 0 Å². The summed E-state index contributed by atoms with van der Waals surface area (Å²) in [5.74, 6) is 0.164. The maximum absolute atomic E-state index is 12.5. The molecule has 2 rings (SSSR count). The summed E-state index contributed by atoms with van der Waals surface area (Å²) >= 11 is 0. The van der Waals surface area contributed by atoms with Crippen molar-refractivity contribution in [3.8, 4) is 0 Å². The van der Waals surface area contributed by atoms with Crippen molar-refractivity contribution in [2.45, 2.75) is 27.2 Å². The van der Waals surface area contributed by atoms with E-state index in [0.717, 1.165) is 23.1 Å². The van der Waals surface area contributed by atoms with Gasteiger partial charge in [0.1, 0.15) is 0 Å². The number of benzene rings is 1. The van der Waals surface area contributed by atoms with E-state index in [-0.39, 0.29) is 11.2 Å². The molecular formula is C16H18O. The lowest BCUT2D eigenvalue weighted by Gasteiger charge is -2.30. The summed E-state index contributed by atoms with van der Waals surface area (Å²) in [6.07, 6.45) is 5.14. The number of hydrogen-bond donors (Lipinski definition) is 0. The molecule has 0 heterocycles. The molecule has 0 saturated heterocycles. The van der Waals surface area contributed by atoms with E-state index in [0.29, 0.717) is 0 Å². The number of carbonyl (C=O) groups is 1. The number of hydrogen-bond acceptors (Lipinski definition) is 1. The Morgan fingerprint density at radius 3 is 2.41 bits per heavy atom. The summed E-state index contributed by atoms with van der Waals surface area (Å²) in [5, 5.41) is 0. The van der Waals surface area contributed by atoms with Crippen LogP contribution in [0, 0.1) is 5.41 Å². The standard InChI is InChI=1S/C16H18O/c1-12-8-7-11-16(2,3)14(12)15(17)13-9-5-4-6-10-13/h4-10H,11H2,1-3H3. The third-order valence-electron chi connectivity index (χ3n) is 3.33. The number of carbonyl (C=O) groups excluding carboxylic acids is 1. The highest BCUT2D eigenvalue weighted by atomic mass is 16.1. The molecule has 1 aromatic carbocycles. The predicted molar refractivity (Wildman–Crippen MR) is 71.0 cm³/mol. The first kappa shape index (κ1) is 11.8. The van der Waals surface area contributed by atoms with Gasteiger partial charge in [-0.15, -0.1) is 0 Å². The first-order valence-electron chi connectivity index (χ1n) is 6.00. The molecule has 0 aromatic heterocycles. The van der Waals surface area contributed by atoms with Crippen molar-refractivity contribution in [2.24, 2.45) is 5.41 Å². The van der Waals surface area contributed by atoms with Crippen LogP contribution in [0.5, 0.6) is 0 Å². The van der Waals surface area contributed by atoms with Crippen molar-refractivity contribution in [1.82, 2.24) is 0 Å². The molecule has 0 unspecified atom stereocenters. The molecule has 0 saturated carbocycles. The summed E-state index contributed by atoms with van der Waals surface area (Å²) in [6.45, 7) is 6.29. The zero-order valence-corrected chi connectivity index (χ0v) is 10.7. The lowest BCUT2D eigenvalue weighted by Crippen LogP contribution is -2.24. The molecule has 1 aliphatic rings. The smallest absolute Gasteiger partial charge is 0.189 e. The maximum atomic E-state index is 12.5. The largest absolute Gasteiger partial charge is 0.289 e. The highest BCUT2D eigenvalue weighted by Crippen LogP contribution is 2.38. The van der Waals surface area contributed by atoms with Crippen LogP contribution in [-0.2, 0) is 0 Å². The van der Waals surface area contributed by atoms with Crippen molar-refractivity contribution >= 4 is 5.78 Å².